The van der Waals surface area contributed by atoms with E-state index in [1.165, 1.54) is 11.0 Å². The van der Waals surface area contributed by atoms with Crippen LogP contribution in [0, 0.1) is 4.77 Å². The molecule has 0 fully saturated rings. The van der Waals surface area contributed by atoms with Crippen molar-refractivity contribution in [1.29, 1.82) is 0 Å². The fourth-order valence-corrected chi connectivity index (χ4v) is 2.70. The minimum atomic E-state index is 0.342. The molecule has 140 valence electrons. The predicted molar refractivity (Wildman–Crippen MR) is 109 cm³/mol. The molecule has 0 radical (unpaired) electrons. The van der Waals surface area contributed by atoms with Gasteiger partial charge in [-0.15, -0.1) is 0 Å². The molecule has 0 aliphatic heterocycles. The number of nitrogens with one attached hydrogen (secondary N) is 1. The number of aromatic amines is 1. The molecule has 0 spiro atoms. The average molecular weight is 423 g/mol. The summed E-state index contributed by atoms with van der Waals surface area (Å²) in [5.41, 5.74) is 1.75. The number of hydrogen-bond donors (Lipinski definition) is 1. The summed E-state index contributed by atoms with van der Waals surface area (Å²) in [5, 5.41) is 11.7. The standard InChI is InChI=1S/C18H16Cl2N4O2S/c1-2-25-17-8-12(9-22-24-11-21-23-18(24)27)4-6-16(17)26-10-13-3-5-14(19)15(20)7-13/h3-9,11H,2,10H2,1H3,(H,23,27)/b22-9+. The molecule has 1 aromatic heterocycles. The van der Waals surface area contributed by atoms with Crippen LogP contribution in [0.25, 0.3) is 0 Å². The van der Waals surface area contributed by atoms with Crippen LogP contribution in [0.15, 0.2) is 47.8 Å². The van der Waals surface area contributed by atoms with Gasteiger partial charge in [-0.05, 0) is 60.6 Å². The fraction of sp³-hybridized carbons (Fsp3) is 0.167. The van der Waals surface area contributed by atoms with E-state index in [-0.39, 0.29) is 0 Å². The van der Waals surface area contributed by atoms with E-state index in [1.54, 1.807) is 18.3 Å². The van der Waals surface area contributed by atoms with Crippen molar-refractivity contribution in [3.63, 3.8) is 0 Å². The van der Waals surface area contributed by atoms with Crippen molar-refractivity contribution in [3.8, 4) is 11.5 Å². The van der Waals surface area contributed by atoms with E-state index < -0.39 is 0 Å². The first-order valence-corrected chi connectivity index (χ1v) is 9.23. The Morgan fingerprint density at radius 3 is 2.70 bits per heavy atom. The Morgan fingerprint density at radius 1 is 1.15 bits per heavy atom. The van der Waals surface area contributed by atoms with Gasteiger partial charge in [-0.2, -0.15) is 14.9 Å². The average Bonchev–Trinajstić information content (AvgIpc) is 3.07. The highest BCUT2D eigenvalue weighted by molar-refractivity contribution is 7.71. The summed E-state index contributed by atoms with van der Waals surface area (Å²) in [7, 11) is 0. The highest BCUT2D eigenvalue weighted by Crippen LogP contribution is 2.30. The first kappa shape index (κ1) is 19.4. The lowest BCUT2D eigenvalue weighted by molar-refractivity contribution is 0.269. The second-order valence-electron chi connectivity index (χ2n) is 5.43. The summed E-state index contributed by atoms with van der Waals surface area (Å²) in [6.45, 7) is 2.76. The lowest BCUT2D eigenvalue weighted by Crippen LogP contribution is -2.00. The van der Waals surface area contributed by atoms with Crippen molar-refractivity contribution in [2.75, 3.05) is 6.61 Å². The largest absolute Gasteiger partial charge is 0.490 e. The third kappa shape index (κ3) is 5.09. The zero-order valence-corrected chi connectivity index (χ0v) is 16.7. The Hall–Kier alpha value is -2.35. The molecule has 0 aliphatic carbocycles. The molecule has 0 saturated carbocycles. The fourth-order valence-electron chi connectivity index (χ4n) is 2.24. The molecular formula is C18H16Cl2N4O2S. The van der Waals surface area contributed by atoms with E-state index in [0.717, 1.165) is 11.1 Å². The van der Waals surface area contributed by atoms with Crippen LogP contribution in [-0.2, 0) is 6.61 Å². The summed E-state index contributed by atoms with van der Waals surface area (Å²) in [5.74, 6) is 1.25. The van der Waals surface area contributed by atoms with Gasteiger partial charge in [0.1, 0.15) is 12.9 Å². The van der Waals surface area contributed by atoms with Gasteiger partial charge in [0, 0.05) is 0 Å². The van der Waals surface area contributed by atoms with E-state index in [1.807, 2.05) is 31.2 Å². The first-order chi connectivity index (χ1) is 13.1. The third-order valence-electron chi connectivity index (χ3n) is 3.51. The summed E-state index contributed by atoms with van der Waals surface area (Å²) < 4.78 is 13.5. The van der Waals surface area contributed by atoms with Crippen LogP contribution in [-0.4, -0.2) is 27.7 Å². The molecule has 3 aromatic rings. The van der Waals surface area contributed by atoms with Crippen molar-refractivity contribution in [3.05, 3.63) is 68.7 Å². The van der Waals surface area contributed by atoms with Crippen LogP contribution in [0.4, 0.5) is 0 Å². The molecule has 1 heterocycles. The van der Waals surface area contributed by atoms with Gasteiger partial charge in [0.05, 0.1) is 22.9 Å². The maximum absolute atomic E-state index is 6.04. The summed E-state index contributed by atoms with van der Waals surface area (Å²) in [6.07, 6.45) is 3.16. The van der Waals surface area contributed by atoms with Crippen molar-refractivity contribution >= 4 is 41.6 Å². The minimum Gasteiger partial charge on any atom is -0.490 e. The lowest BCUT2D eigenvalue weighted by atomic mass is 10.2. The second-order valence-corrected chi connectivity index (χ2v) is 6.63. The normalized spacial score (nSPS) is 11.1. The molecule has 0 aliphatic rings. The van der Waals surface area contributed by atoms with Gasteiger partial charge >= 0.3 is 0 Å². The van der Waals surface area contributed by atoms with Gasteiger partial charge in [0.25, 0.3) is 0 Å². The Morgan fingerprint density at radius 2 is 2.00 bits per heavy atom. The third-order valence-corrected chi connectivity index (χ3v) is 4.53. The lowest BCUT2D eigenvalue weighted by Gasteiger charge is -2.13. The van der Waals surface area contributed by atoms with Gasteiger partial charge in [-0.3, -0.25) is 5.10 Å². The van der Waals surface area contributed by atoms with E-state index in [4.69, 9.17) is 44.9 Å². The zero-order valence-electron chi connectivity index (χ0n) is 14.4. The number of hydrogen-bond acceptors (Lipinski definition) is 5. The van der Waals surface area contributed by atoms with Crippen LogP contribution in [0.5, 0.6) is 11.5 Å². The number of aromatic nitrogens is 3. The molecule has 0 unspecified atom stereocenters. The number of nitrogens with zero attached hydrogens (tertiary/aromatic N) is 3. The maximum atomic E-state index is 6.04. The van der Waals surface area contributed by atoms with Crippen LogP contribution in [0.2, 0.25) is 10.0 Å². The van der Waals surface area contributed by atoms with E-state index in [2.05, 4.69) is 15.3 Å². The van der Waals surface area contributed by atoms with E-state index >= 15 is 0 Å². The molecule has 0 saturated heterocycles. The molecule has 6 nitrogen and oxygen atoms in total. The topological polar surface area (TPSA) is 64.4 Å². The first-order valence-electron chi connectivity index (χ1n) is 8.06. The minimum absolute atomic E-state index is 0.342. The number of benzene rings is 2. The number of rotatable bonds is 7. The summed E-state index contributed by atoms with van der Waals surface area (Å²) in [6, 6.07) is 10.9. The van der Waals surface area contributed by atoms with Gasteiger partial charge in [0.15, 0.2) is 11.5 Å². The van der Waals surface area contributed by atoms with Crippen LogP contribution >= 0.6 is 35.4 Å². The van der Waals surface area contributed by atoms with E-state index in [0.29, 0.717) is 39.5 Å². The molecule has 27 heavy (non-hydrogen) atoms. The monoisotopic (exact) mass is 422 g/mol. The number of halogens is 2. The molecule has 0 atom stereocenters. The molecule has 0 bridgehead atoms. The van der Waals surface area contributed by atoms with E-state index in [9.17, 15) is 0 Å². The van der Waals surface area contributed by atoms with Gasteiger partial charge < -0.3 is 9.47 Å². The van der Waals surface area contributed by atoms with Crippen molar-refractivity contribution in [1.82, 2.24) is 14.9 Å². The molecule has 3 rings (SSSR count). The number of ether oxygens (including phenoxy) is 2. The summed E-state index contributed by atoms with van der Waals surface area (Å²) >= 11 is 17.0. The Balaban J connectivity index is 1.76. The highest BCUT2D eigenvalue weighted by Gasteiger charge is 2.07. The molecule has 2 aromatic carbocycles. The van der Waals surface area contributed by atoms with Crippen LogP contribution in [0.1, 0.15) is 18.1 Å². The van der Waals surface area contributed by atoms with Crippen molar-refractivity contribution in [2.45, 2.75) is 13.5 Å². The second kappa shape index (κ2) is 9.03. The summed E-state index contributed by atoms with van der Waals surface area (Å²) in [4.78, 5) is 0. The van der Waals surface area contributed by atoms with Crippen molar-refractivity contribution in [2.24, 2.45) is 5.10 Å². The zero-order chi connectivity index (χ0) is 19.2. The molecule has 9 heteroatoms. The van der Waals surface area contributed by atoms with Crippen LogP contribution in [0.3, 0.4) is 0 Å². The molecular weight excluding hydrogens is 407 g/mol. The molecule has 0 amide bonds. The van der Waals surface area contributed by atoms with Gasteiger partial charge in [-0.25, -0.2) is 0 Å². The smallest absolute Gasteiger partial charge is 0.216 e. The quantitative estimate of drug-likeness (QED) is 0.424. The van der Waals surface area contributed by atoms with Crippen molar-refractivity contribution < 1.29 is 9.47 Å². The SMILES string of the molecule is CCOc1cc(/C=N/n2cn[nH]c2=S)ccc1OCc1ccc(Cl)c(Cl)c1. The maximum Gasteiger partial charge on any atom is 0.216 e. The van der Waals surface area contributed by atoms with Gasteiger partial charge in [-0.1, -0.05) is 29.3 Å². The predicted octanol–water partition coefficient (Wildman–Crippen LogP) is 5.11. The number of H-pyrrole nitrogens is 1. The Bertz CT molecular complexity index is 1020. The Kier molecular flexibility index (Phi) is 6.49. The molecule has 1 N–H and O–H groups in total. The highest BCUT2D eigenvalue weighted by atomic mass is 35.5. The Labute approximate surface area is 171 Å². The van der Waals surface area contributed by atoms with Gasteiger partial charge in [0.2, 0.25) is 4.77 Å². The van der Waals surface area contributed by atoms with Crippen LogP contribution < -0.4 is 9.47 Å².